The molecule has 0 unspecified atom stereocenters. The van der Waals surface area contributed by atoms with Crippen LogP contribution >= 0.6 is 0 Å². The number of nitrogens with one attached hydrogen (secondary N) is 1. The van der Waals surface area contributed by atoms with Crippen molar-refractivity contribution in [2.45, 2.75) is 25.7 Å². The lowest BCUT2D eigenvalue weighted by Gasteiger charge is -2.34. The largest absolute Gasteiger partial charge is 0.371 e. The molecule has 3 rings (SSSR count). The van der Waals surface area contributed by atoms with Crippen molar-refractivity contribution in [2.75, 3.05) is 25.0 Å². The molecule has 5 nitrogen and oxygen atoms in total. The lowest BCUT2D eigenvalue weighted by atomic mass is 9.92. The van der Waals surface area contributed by atoms with Crippen molar-refractivity contribution in [1.29, 1.82) is 0 Å². The lowest BCUT2D eigenvalue weighted by Crippen LogP contribution is -2.36. The second-order valence-electron chi connectivity index (χ2n) is 6.16. The van der Waals surface area contributed by atoms with Crippen LogP contribution < -0.4 is 16.0 Å². The number of piperidine rings is 1. The summed E-state index contributed by atoms with van der Waals surface area (Å²) >= 11 is 0. The molecule has 0 aromatic heterocycles. The topological polar surface area (TPSA) is 75.4 Å². The van der Waals surface area contributed by atoms with Crippen LogP contribution in [0.1, 0.15) is 46.4 Å². The van der Waals surface area contributed by atoms with Gasteiger partial charge in [-0.2, -0.15) is 0 Å². The van der Waals surface area contributed by atoms with E-state index in [2.05, 4.69) is 10.2 Å². The van der Waals surface area contributed by atoms with E-state index >= 15 is 0 Å². The normalized spacial score (nSPS) is 19.4. The average molecular weight is 287 g/mol. The number of carbonyl (C=O) groups is 2. The third kappa shape index (κ3) is 2.60. The number of benzene rings is 1. The molecule has 5 heteroatoms. The Labute approximate surface area is 124 Å². The predicted octanol–water partition coefficient (Wildman–Crippen LogP) is 1.53. The fraction of sp³-hybridized carbons (Fsp3) is 0.500. The number of carbonyl (C=O) groups excluding carboxylic acids is 2. The Kier molecular flexibility index (Phi) is 3.35. The molecule has 1 aliphatic carbocycles. The van der Waals surface area contributed by atoms with Crippen LogP contribution in [-0.4, -0.2) is 32.0 Å². The van der Waals surface area contributed by atoms with Gasteiger partial charge in [-0.05, 0) is 49.3 Å². The van der Waals surface area contributed by atoms with Crippen molar-refractivity contribution in [3.63, 3.8) is 0 Å². The Morgan fingerprint density at radius 3 is 2.38 bits per heavy atom. The summed E-state index contributed by atoms with van der Waals surface area (Å²) in [5.41, 5.74) is 7.90. The molecule has 2 amide bonds. The second kappa shape index (κ2) is 5.06. The first kappa shape index (κ1) is 13.9. The van der Waals surface area contributed by atoms with E-state index in [1.54, 1.807) is 25.2 Å². The first-order chi connectivity index (χ1) is 10.0. The molecule has 1 spiro atoms. The SMILES string of the molecule is CNC(=O)c1ccc(C(N)=O)c(N2CCC3(CC2)CC3)c1. The molecule has 112 valence electrons. The Morgan fingerprint density at radius 2 is 1.86 bits per heavy atom. The van der Waals surface area contributed by atoms with Gasteiger partial charge >= 0.3 is 0 Å². The zero-order valence-corrected chi connectivity index (χ0v) is 12.3. The summed E-state index contributed by atoms with van der Waals surface area (Å²) in [5, 5.41) is 2.61. The summed E-state index contributed by atoms with van der Waals surface area (Å²) in [6.45, 7) is 1.86. The molecule has 21 heavy (non-hydrogen) atoms. The van der Waals surface area contributed by atoms with E-state index in [0.29, 0.717) is 16.5 Å². The van der Waals surface area contributed by atoms with Gasteiger partial charge in [0.15, 0.2) is 0 Å². The van der Waals surface area contributed by atoms with E-state index < -0.39 is 5.91 Å². The van der Waals surface area contributed by atoms with Gasteiger partial charge in [-0.1, -0.05) is 0 Å². The number of amides is 2. The standard InChI is InChI=1S/C16H21N3O2/c1-18-15(21)11-2-3-12(14(17)20)13(10-11)19-8-6-16(4-5-16)7-9-19/h2-3,10H,4-9H2,1H3,(H2,17,20)(H,18,21). The van der Waals surface area contributed by atoms with E-state index in [1.807, 2.05) is 0 Å². The Balaban J connectivity index is 1.90. The summed E-state index contributed by atoms with van der Waals surface area (Å²) in [7, 11) is 1.60. The number of primary amides is 1. The molecule has 0 atom stereocenters. The minimum Gasteiger partial charge on any atom is -0.371 e. The molecule has 2 fully saturated rings. The highest BCUT2D eigenvalue weighted by molar-refractivity contribution is 6.02. The number of hydrogen-bond donors (Lipinski definition) is 2. The van der Waals surface area contributed by atoms with E-state index in [0.717, 1.165) is 31.6 Å². The molecule has 1 saturated heterocycles. The van der Waals surface area contributed by atoms with Gasteiger partial charge < -0.3 is 16.0 Å². The van der Waals surface area contributed by atoms with E-state index in [9.17, 15) is 9.59 Å². The summed E-state index contributed by atoms with van der Waals surface area (Å²) in [6.07, 6.45) is 4.99. The third-order valence-corrected chi connectivity index (χ3v) is 4.87. The van der Waals surface area contributed by atoms with Crippen molar-refractivity contribution in [1.82, 2.24) is 5.32 Å². The van der Waals surface area contributed by atoms with Gasteiger partial charge in [-0.25, -0.2) is 0 Å². The number of anilines is 1. The summed E-state index contributed by atoms with van der Waals surface area (Å²) in [4.78, 5) is 25.6. The second-order valence-corrected chi connectivity index (χ2v) is 6.16. The highest BCUT2D eigenvalue weighted by Crippen LogP contribution is 2.54. The van der Waals surface area contributed by atoms with Crippen LogP contribution in [0, 0.1) is 5.41 Å². The van der Waals surface area contributed by atoms with Gasteiger partial charge in [0.1, 0.15) is 0 Å². The van der Waals surface area contributed by atoms with Gasteiger partial charge in [0.05, 0.1) is 11.3 Å². The monoisotopic (exact) mass is 287 g/mol. The van der Waals surface area contributed by atoms with Crippen molar-refractivity contribution < 1.29 is 9.59 Å². The minimum atomic E-state index is -0.444. The predicted molar refractivity (Wildman–Crippen MR) is 81.5 cm³/mol. The molecule has 1 heterocycles. The third-order valence-electron chi connectivity index (χ3n) is 4.87. The molecule has 2 aliphatic rings. The van der Waals surface area contributed by atoms with Crippen LogP contribution in [0.4, 0.5) is 5.69 Å². The summed E-state index contributed by atoms with van der Waals surface area (Å²) in [5.74, 6) is -0.594. The fourth-order valence-corrected chi connectivity index (χ4v) is 3.19. The molecule has 1 aromatic carbocycles. The van der Waals surface area contributed by atoms with Gasteiger partial charge in [0, 0.05) is 25.7 Å². The summed E-state index contributed by atoms with van der Waals surface area (Å²) in [6, 6.07) is 5.09. The van der Waals surface area contributed by atoms with E-state index in [4.69, 9.17) is 5.73 Å². The van der Waals surface area contributed by atoms with Gasteiger partial charge in [-0.15, -0.1) is 0 Å². The van der Waals surface area contributed by atoms with Crippen molar-refractivity contribution in [2.24, 2.45) is 11.1 Å². The van der Waals surface area contributed by atoms with Crippen LogP contribution in [0.3, 0.4) is 0 Å². The zero-order chi connectivity index (χ0) is 15.0. The van der Waals surface area contributed by atoms with E-state index in [-0.39, 0.29) is 5.91 Å². The first-order valence-corrected chi connectivity index (χ1v) is 7.46. The number of hydrogen-bond acceptors (Lipinski definition) is 3. The maximum Gasteiger partial charge on any atom is 0.251 e. The molecule has 1 aliphatic heterocycles. The maximum absolute atomic E-state index is 11.8. The van der Waals surface area contributed by atoms with Gasteiger partial charge in [-0.3, -0.25) is 9.59 Å². The lowest BCUT2D eigenvalue weighted by molar-refractivity contribution is 0.0959. The van der Waals surface area contributed by atoms with Gasteiger partial charge in [0.2, 0.25) is 0 Å². The minimum absolute atomic E-state index is 0.150. The Morgan fingerprint density at radius 1 is 1.19 bits per heavy atom. The highest BCUT2D eigenvalue weighted by atomic mass is 16.2. The molecular formula is C16H21N3O2. The molecule has 0 radical (unpaired) electrons. The molecule has 1 saturated carbocycles. The summed E-state index contributed by atoms with van der Waals surface area (Å²) < 4.78 is 0. The molecular weight excluding hydrogens is 266 g/mol. The smallest absolute Gasteiger partial charge is 0.251 e. The van der Waals surface area contributed by atoms with Crippen molar-refractivity contribution >= 4 is 17.5 Å². The highest BCUT2D eigenvalue weighted by Gasteiger charge is 2.44. The van der Waals surface area contributed by atoms with Crippen molar-refractivity contribution in [3.8, 4) is 0 Å². The quantitative estimate of drug-likeness (QED) is 0.885. The van der Waals surface area contributed by atoms with Crippen molar-refractivity contribution in [3.05, 3.63) is 29.3 Å². The molecule has 3 N–H and O–H groups in total. The zero-order valence-electron chi connectivity index (χ0n) is 12.3. The average Bonchev–Trinajstić information content (AvgIpc) is 3.25. The number of nitrogens with two attached hydrogens (primary N) is 1. The number of nitrogens with zero attached hydrogens (tertiary/aromatic N) is 1. The first-order valence-electron chi connectivity index (χ1n) is 7.46. The molecule has 1 aromatic rings. The van der Waals surface area contributed by atoms with Gasteiger partial charge in [0.25, 0.3) is 11.8 Å². The molecule has 0 bridgehead atoms. The van der Waals surface area contributed by atoms with Crippen LogP contribution in [0.15, 0.2) is 18.2 Å². The Hall–Kier alpha value is -2.04. The van der Waals surface area contributed by atoms with E-state index in [1.165, 1.54) is 12.8 Å². The van der Waals surface area contributed by atoms with Crippen LogP contribution in [-0.2, 0) is 0 Å². The maximum atomic E-state index is 11.8. The fourth-order valence-electron chi connectivity index (χ4n) is 3.19. The van der Waals surface area contributed by atoms with Crippen LogP contribution in [0.25, 0.3) is 0 Å². The van der Waals surface area contributed by atoms with Crippen LogP contribution in [0.5, 0.6) is 0 Å². The van der Waals surface area contributed by atoms with Crippen LogP contribution in [0.2, 0.25) is 0 Å². The number of rotatable bonds is 3. The Bertz CT molecular complexity index is 583.